The predicted octanol–water partition coefficient (Wildman–Crippen LogP) is 4.19. The number of esters is 1. The van der Waals surface area contributed by atoms with Crippen molar-refractivity contribution in [2.45, 2.75) is 20.4 Å². The average Bonchev–Trinajstić information content (AvgIpc) is 2.79. The molecule has 0 aliphatic rings. The van der Waals surface area contributed by atoms with Gasteiger partial charge in [0, 0.05) is 30.3 Å². The fourth-order valence-corrected chi connectivity index (χ4v) is 2.93. The third-order valence-corrected chi connectivity index (χ3v) is 4.45. The molecule has 0 heterocycles. The van der Waals surface area contributed by atoms with E-state index in [1.165, 1.54) is 13.0 Å². The van der Waals surface area contributed by atoms with Crippen molar-refractivity contribution in [1.29, 1.82) is 0 Å². The lowest BCUT2D eigenvalue weighted by molar-refractivity contribution is -0.131. The van der Waals surface area contributed by atoms with Crippen molar-refractivity contribution in [1.82, 2.24) is 5.32 Å². The quantitative estimate of drug-likeness (QED) is 0.411. The number of nitrogens with one attached hydrogen (secondary N) is 2. The standard InChI is InChI=1S/C25H24N2O5/c1-3-31-22-13-9-19(10-14-22)24(29)26-16-18-7-11-21(12-8-18)27-25(30)20-5-4-6-23(15-20)32-17(2)28/h4-15H,3,16H2,1-2H3,(H,26,29)(H,27,30). The molecule has 0 radical (unpaired) electrons. The van der Waals surface area contributed by atoms with E-state index in [2.05, 4.69) is 10.6 Å². The molecule has 2 amide bonds. The first-order valence-corrected chi connectivity index (χ1v) is 10.1. The molecule has 3 aromatic carbocycles. The number of rotatable bonds is 8. The molecule has 7 nitrogen and oxygen atoms in total. The molecule has 0 aliphatic carbocycles. The molecule has 0 saturated carbocycles. The van der Waals surface area contributed by atoms with Crippen molar-refractivity contribution in [3.63, 3.8) is 0 Å². The normalized spacial score (nSPS) is 10.2. The minimum Gasteiger partial charge on any atom is -0.494 e. The number of carbonyl (C=O) groups excluding carboxylic acids is 3. The molecule has 0 aliphatic heterocycles. The van der Waals surface area contributed by atoms with Gasteiger partial charge in [0.1, 0.15) is 11.5 Å². The van der Waals surface area contributed by atoms with E-state index in [-0.39, 0.29) is 11.8 Å². The van der Waals surface area contributed by atoms with Crippen molar-refractivity contribution >= 4 is 23.5 Å². The molecule has 0 unspecified atom stereocenters. The highest BCUT2D eigenvalue weighted by Gasteiger charge is 2.09. The summed E-state index contributed by atoms with van der Waals surface area (Å²) >= 11 is 0. The van der Waals surface area contributed by atoms with E-state index in [1.54, 1.807) is 54.6 Å². The van der Waals surface area contributed by atoms with E-state index in [1.807, 2.05) is 19.1 Å². The van der Waals surface area contributed by atoms with Crippen LogP contribution in [0.4, 0.5) is 5.69 Å². The molecule has 0 atom stereocenters. The average molecular weight is 432 g/mol. The van der Waals surface area contributed by atoms with E-state index < -0.39 is 5.97 Å². The number of hydrogen-bond donors (Lipinski definition) is 2. The lowest BCUT2D eigenvalue weighted by Crippen LogP contribution is -2.22. The minimum atomic E-state index is -0.451. The van der Waals surface area contributed by atoms with Crippen LogP contribution in [0.3, 0.4) is 0 Å². The van der Waals surface area contributed by atoms with E-state index in [0.717, 1.165) is 11.3 Å². The van der Waals surface area contributed by atoms with Crippen molar-refractivity contribution in [3.05, 3.63) is 89.5 Å². The monoisotopic (exact) mass is 432 g/mol. The van der Waals surface area contributed by atoms with Gasteiger partial charge in [0.25, 0.3) is 11.8 Å². The summed E-state index contributed by atoms with van der Waals surface area (Å²) in [5.41, 5.74) is 2.41. The fourth-order valence-electron chi connectivity index (χ4n) is 2.93. The summed E-state index contributed by atoms with van der Waals surface area (Å²) in [7, 11) is 0. The Bertz CT molecular complexity index is 1090. The Kier molecular flexibility index (Phi) is 7.59. The molecule has 0 spiro atoms. The van der Waals surface area contributed by atoms with E-state index in [0.29, 0.717) is 35.7 Å². The zero-order valence-electron chi connectivity index (χ0n) is 17.9. The first-order chi connectivity index (χ1) is 15.4. The van der Waals surface area contributed by atoms with Crippen LogP contribution < -0.4 is 20.1 Å². The Labute approximate surface area is 186 Å². The number of ether oxygens (including phenoxy) is 2. The SMILES string of the molecule is CCOc1ccc(C(=O)NCc2ccc(NC(=O)c3cccc(OC(C)=O)c3)cc2)cc1. The highest BCUT2D eigenvalue weighted by atomic mass is 16.5. The maximum atomic E-state index is 12.5. The molecule has 0 bridgehead atoms. The van der Waals surface area contributed by atoms with Crippen LogP contribution in [0.25, 0.3) is 0 Å². The topological polar surface area (TPSA) is 93.7 Å². The number of amides is 2. The second kappa shape index (κ2) is 10.8. The second-order valence-corrected chi connectivity index (χ2v) is 6.91. The van der Waals surface area contributed by atoms with E-state index in [9.17, 15) is 14.4 Å². The Morgan fingerprint density at radius 3 is 2.19 bits per heavy atom. The van der Waals surface area contributed by atoms with Crippen LogP contribution in [0.2, 0.25) is 0 Å². The van der Waals surface area contributed by atoms with Crippen LogP contribution in [-0.2, 0) is 11.3 Å². The molecule has 0 fully saturated rings. The van der Waals surface area contributed by atoms with Crippen LogP contribution in [0.5, 0.6) is 11.5 Å². The van der Waals surface area contributed by atoms with Gasteiger partial charge in [0.2, 0.25) is 0 Å². The van der Waals surface area contributed by atoms with Gasteiger partial charge < -0.3 is 20.1 Å². The number of benzene rings is 3. The first-order valence-electron chi connectivity index (χ1n) is 10.1. The van der Waals surface area contributed by atoms with Crippen molar-refractivity contribution in [2.75, 3.05) is 11.9 Å². The number of carbonyl (C=O) groups is 3. The van der Waals surface area contributed by atoms with Crippen molar-refractivity contribution in [3.8, 4) is 11.5 Å². The van der Waals surface area contributed by atoms with Gasteiger partial charge in [-0.3, -0.25) is 14.4 Å². The maximum absolute atomic E-state index is 12.5. The van der Waals surface area contributed by atoms with Gasteiger partial charge in [-0.05, 0) is 67.1 Å². The molecule has 3 rings (SSSR count). The maximum Gasteiger partial charge on any atom is 0.308 e. The van der Waals surface area contributed by atoms with Crippen LogP contribution in [-0.4, -0.2) is 24.4 Å². The predicted molar refractivity (Wildman–Crippen MR) is 121 cm³/mol. The smallest absolute Gasteiger partial charge is 0.308 e. The van der Waals surface area contributed by atoms with Gasteiger partial charge in [-0.1, -0.05) is 18.2 Å². The first kappa shape index (κ1) is 22.6. The molecule has 32 heavy (non-hydrogen) atoms. The van der Waals surface area contributed by atoms with Gasteiger partial charge in [0.15, 0.2) is 0 Å². The van der Waals surface area contributed by atoms with E-state index >= 15 is 0 Å². The molecule has 2 N–H and O–H groups in total. The molecule has 164 valence electrons. The van der Waals surface area contributed by atoms with Crippen LogP contribution in [0.15, 0.2) is 72.8 Å². The van der Waals surface area contributed by atoms with Crippen LogP contribution in [0.1, 0.15) is 40.1 Å². The second-order valence-electron chi connectivity index (χ2n) is 6.91. The highest BCUT2D eigenvalue weighted by molar-refractivity contribution is 6.04. The minimum absolute atomic E-state index is 0.182. The third-order valence-electron chi connectivity index (χ3n) is 4.45. The molecule has 0 saturated heterocycles. The highest BCUT2D eigenvalue weighted by Crippen LogP contribution is 2.17. The van der Waals surface area contributed by atoms with Crippen molar-refractivity contribution < 1.29 is 23.9 Å². The summed E-state index contributed by atoms with van der Waals surface area (Å²) in [5.74, 6) is 0.0740. The molecule has 3 aromatic rings. The summed E-state index contributed by atoms with van der Waals surface area (Å²) in [5, 5.41) is 5.66. The number of hydrogen-bond acceptors (Lipinski definition) is 5. The van der Waals surface area contributed by atoms with Gasteiger partial charge in [-0.25, -0.2) is 0 Å². The molecular formula is C25H24N2O5. The molecule has 0 aromatic heterocycles. The van der Waals surface area contributed by atoms with E-state index in [4.69, 9.17) is 9.47 Å². The summed E-state index contributed by atoms with van der Waals surface area (Å²) in [6, 6.07) is 20.5. The Morgan fingerprint density at radius 1 is 0.812 bits per heavy atom. The molecule has 7 heteroatoms. The largest absolute Gasteiger partial charge is 0.494 e. The molecular weight excluding hydrogens is 408 g/mol. The third kappa shape index (κ3) is 6.43. The lowest BCUT2D eigenvalue weighted by atomic mass is 10.1. The van der Waals surface area contributed by atoms with Gasteiger partial charge in [-0.2, -0.15) is 0 Å². The summed E-state index contributed by atoms with van der Waals surface area (Å²) in [6.07, 6.45) is 0. The van der Waals surface area contributed by atoms with Crippen molar-refractivity contribution in [2.24, 2.45) is 0 Å². The summed E-state index contributed by atoms with van der Waals surface area (Å²) < 4.78 is 10.4. The van der Waals surface area contributed by atoms with Gasteiger partial charge >= 0.3 is 5.97 Å². The van der Waals surface area contributed by atoms with Crippen LogP contribution >= 0.6 is 0 Å². The van der Waals surface area contributed by atoms with Gasteiger partial charge in [0.05, 0.1) is 6.61 Å². The Morgan fingerprint density at radius 2 is 1.53 bits per heavy atom. The summed E-state index contributed by atoms with van der Waals surface area (Å²) in [6.45, 7) is 4.13. The number of anilines is 1. The zero-order valence-corrected chi connectivity index (χ0v) is 17.9. The zero-order chi connectivity index (χ0) is 22.9. The summed E-state index contributed by atoms with van der Waals surface area (Å²) in [4.78, 5) is 35.8. The Balaban J connectivity index is 1.54. The van der Waals surface area contributed by atoms with Gasteiger partial charge in [-0.15, -0.1) is 0 Å². The Hall–Kier alpha value is -4.13. The fraction of sp³-hybridized carbons (Fsp3) is 0.160. The van der Waals surface area contributed by atoms with Crippen LogP contribution in [0, 0.1) is 0 Å². The lowest BCUT2D eigenvalue weighted by Gasteiger charge is -2.09.